The highest BCUT2D eigenvalue weighted by atomic mass is 35.5. The van der Waals surface area contributed by atoms with Gasteiger partial charge in [0, 0.05) is 11.3 Å². The summed E-state index contributed by atoms with van der Waals surface area (Å²) in [5, 5.41) is 7.71. The quantitative estimate of drug-likeness (QED) is 0.681. The van der Waals surface area contributed by atoms with Gasteiger partial charge in [0.2, 0.25) is 11.8 Å². The van der Waals surface area contributed by atoms with Crippen molar-refractivity contribution in [2.45, 2.75) is 20.3 Å². The number of benzene rings is 1. The largest absolute Gasteiger partial charge is 0.397 e. The van der Waals surface area contributed by atoms with Crippen LogP contribution in [0.5, 0.6) is 0 Å². The van der Waals surface area contributed by atoms with Gasteiger partial charge in [0.1, 0.15) is 0 Å². The van der Waals surface area contributed by atoms with E-state index in [1.54, 1.807) is 29.6 Å². The Labute approximate surface area is 157 Å². The molecule has 1 aromatic carbocycles. The summed E-state index contributed by atoms with van der Waals surface area (Å²) in [6, 6.07) is 7.06. The summed E-state index contributed by atoms with van der Waals surface area (Å²) in [5.74, 6) is -0.413. The van der Waals surface area contributed by atoms with E-state index in [9.17, 15) is 9.59 Å². The molecular formula is C15H20Cl2N4O2S. The number of aromatic nitrogens is 1. The Hall–Kier alpha value is -1.83. The van der Waals surface area contributed by atoms with Gasteiger partial charge in [-0.2, -0.15) is 0 Å². The fraction of sp³-hybridized carbons (Fsp3) is 0.267. The molecule has 4 N–H and O–H groups in total. The molecule has 1 heterocycles. The molecule has 2 amide bonds. The molecule has 24 heavy (non-hydrogen) atoms. The molecule has 0 saturated carbocycles. The predicted octanol–water partition coefficient (Wildman–Crippen LogP) is 3.34. The van der Waals surface area contributed by atoms with E-state index < -0.39 is 0 Å². The minimum atomic E-state index is -0.204. The van der Waals surface area contributed by atoms with Crippen molar-refractivity contribution in [1.29, 1.82) is 0 Å². The van der Waals surface area contributed by atoms with Crippen LogP contribution in [0, 0.1) is 5.92 Å². The molecule has 9 heteroatoms. The van der Waals surface area contributed by atoms with Gasteiger partial charge in [-0.1, -0.05) is 26.0 Å². The molecule has 0 spiro atoms. The van der Waals surface area contributed by atoms with Crippen LogP contribution in [0.4, 0.5) is 16.5 Å². The first kappa shape index (κ1) is 22.2. The molecule has 2 aromatic rings. The zero-order valence-electron chi connectivity index (χ0n) is 13.2. The summed E-state index contributed by atoms with van der Waals surface area (Å²) in [6.45, 7) is 3.61. The van der Waals surface area contributed by atoms with Crippen LogP contribution in [0.2, 0.25) is 0 Å². The number of nitrogen functional groups attached to an aromatic ring is 1. The second kappa shape index (κ2) is 10.1. The molecule has 132 valence electrons. The topological polar surface area (TPSA) is 97.1 Å². The molecule has 6 nitrogen and oxygen atoms in total. The Bertz CT molecular complexity index is 692. The molecule has 0 unspecified atom stereocenters. The first-order valence-corrected chi connectivity index (χ1v) is 7.73. The molecule has 0 radical (unpaired) electrons. The average Bonchev–Trinajstić information content (AvgIpc) is 2.88. The van der Waals surface area contributed by atoms with E-state index in [0.29, 0.717) is 22.2 Å². The number of hydrogen-bond donors (Lipinski definition) is 3. The highest BCUT2D eigenvalue weighted by Crippen LogP contribution is 2.19. The zero-order chi connectivity index (χ0) is 16.1. The van der Waals surface area contributed by atoms with E-state index >= 15 is 0 Å². The van der Waals surface area contributed by atoms with Crippen molar-refractivity contribution in [2.24, 2.45) is 5.92 Å². The van der Waals surface area contributed by atoms with Gasteiger partial charge in [0.05, 0.1) is 23.5 Å². The number of thiazole rings is 1. The summed E-state index contributed by atoms with van der Waals surface area (Å²) in [6.07, 6.45) is 0.127. The third kappa shape index (κ3) is 6.35. The van der Waals surface area contributed by atoms with Gasteiger partial charge in [0.15, 0.2) is 5.13 Å². The lowest BCUT2D eigenvalue weighted by atomic mass is 10.2. The van der Waals surface area contributed by atoms with Crippen molar-refractivity contribution in [3.05, 3.63) is 35.3 Å². The predicted molar refractivity (Wildman–Crippen MR) is 103 cm³/mol. The van der Waals surface area contributed by atoms with Gasteiger partial charge in [-0.05, 0) is 12.1 Å². The van der Waals surface area contributed by atoms with Gasteiger partial charge in [-0.25, -0.2) is 4.98 Å². The van der Waals surface area contributed by atoms with Crippen molar-refractivity contribution in [3.8, 4) is 0 Å². The summed E-state index contributed by atoms with van der Waals surface area (Å²) >= 11 is 1.30. The summed E-state index contributed by atoms with van der Waals surface area (Å²) in [5.41, 5.74) is 7.47. The van der Waals surface area contributed by atoms with Gasteiger partial charge >= 0.3 is 0 Å². The lowest BCUT2D eigenvalue weighted by Gasteiger charge is -2.06. The van der Waals surface area contributed by atoms with E-state index in [2.05, 4.69) is 15.6 Å². The maximum absolute atomic E-state index is 12.0. The molecule has 0 bridgehead atoms. The molecule has 0 aliphatic rings. The summed E-state index contributed by atoms with van der Waals surface area (Å²) < 4.78 is 0. The standard InChI is InChI=1S/C15H18N4O2S.2ClH/c1-9(2)14(21)19-15-17-10(8-22-15)7-13(20)18-12-6-4-3-5-11(12)16;;/h3-6,8-9H,7,16H2,1-2H3,(H,18,20)(H,17,19,21);2*1H. The maximum atomic E-state index is 12.0. The monoisotopic (exact) mass is 390 g/mol. The van der Waals surface area contributed by atoms with Crippen LogP contribution < -0.4 is 16.4 Å². The smallest absolute Gasteiger partial charge is 0.230 e. The number of amides is 2. The SMILES string of the molecule is CC(C)C(=O)Nc1nc(CC(=O)Nc2ccccc2N)cs1.Cl.Cl. The van der Waals surface area contributed by atoms with Crippen LogP contribution in [0.15, 0.2) is 29.6 Å². The van der Waals surface area contributed by atoms with E-state index in [1.807, 2.05) is 13.8 Å². The summed E-state index contributed by atoms with van der Waals surface area (Å²) in [4.78, 5) is 27.8. The van der Waals surface area contributed by atoms with Crippen LogP contribution in [0.3, 0.4) is 0 Å². The van der Waals surface area contributed by atoms with Crippen LogP contribution in [0.1, 0.15) is 19.5 Å². The Kier molecular flexibility index (Phi) is 9.35. The number of nitrogens with two attached hydrogens (primary N) is 1. The first-order chi connectivity index (χ1) is 10.5. The third-order valence-electron chi connectivity index (χ3n) is 2.88. The third-order valence-corrected chi connectivity index (χ3v) is 3.69. The Balaban J connectivity index is 0.00000264. The van der Waals surface area contributed by atoms with Crippen molar-refractivity contribution in [1.82, 2.24) is 4.98 Å². The molecule has 0 saturated heterocycles. The zero-order valence-corrected chi connectivity index (χ0v) is 15.7. The lowest BCUT2D eigenvalue weighted by molar-refractivity contribution is -0.119. The van der Waals surface area contributed by atoms with Crippen molar-refractivity contribution in [2.75, 3.05) is 16.4 Å². The Morgan fingerprint density at radius 3 is 2.50 bits per heavy atom. The number of para-hydroxylation sites is 2. The minimum absolute atomic E-state index is 0. The van der Waals surface area contributed by atoms with Crippen LogP contribution in [-0.2, 0) is 16.0 Å². The van der Waals surface area contributed by atoms with Gasteiger partial charge in [-0.15, -0.1) is 36.2 Å². The molecule has 1 aromatic heterocycles. The highest BCUT2D eigenvalue weighted by Gasteiger charge is 2.12. The van der Waals surface area contributed by atoms with Crippen molar-refractivity contribution >= 4 is 64.5 Å². The van der Waals surface area contributed by atoms with E-state index in [4.69, 9.17) is 5.73 Å². The van der Waals surface area contributed by atoms with Crippen LogP contribution >= 0.6 is 36.2 Å². The van der Waals surface area contributed by atoms with Crippen LogP contribution in [-0.4, -0.2) is 16.8 Å². The number of rotatable bonds is 5. The summed E-state index contributed by atoms with van der Waals surface area (Å²) in [7, 11) is 0. The second-order valence-electron chi connectivity index (χ2n) is 5.10. The number of anilines is 3. The molecule has 0 atom stereocenters. The van der Waals surface area contributed by atoms with Gasteiger partial charge < -0.3 is 16.4 Å². The molecule has 0 aliphatic heterocycles. The van der Waals surface area contributed by atoms with E-state index in [-0.39, 0.29) is 49.0 Å². The maximum Gasteiger partial charge on any atom is 0.230 e. The fourth-order valence-corrected chi connectivity index (χ4v) is 2.38. The van der Waals surface area contributed by atoms with E-state index in [1.165, 1.54) is 11.3 Å². The number of nitrogens with zero attached hydrogens (tertiary/aromatic N) is 1. The molecule has 0 aliphatic carbocycles. The Morgan fingerprint density at radius 2 is 1.88 bits per heavy atom. The number of halogens is 2. The highest BCUT2D eigenvalue weighted by molar-refractivity contribution is 7.13. The number of carbonyl (C=O) groups excluding carboxylic acids is 2. The van der Waals surface area contributed by atoms with E-state index in [0.717, 1.165) is 0 Å². The normalized spacial score (nSPS) is 9.62. The Morgan fingerprint density at radius 1 is 1.21 bits per heavy atom. The first-order valence-electron chi connectivity index (χ1n) is 6.85. The average molecular weight is 391 g/mol. The molecular weight excluding hydrogens is 371 g/mol. The molecule has 2 rings (SSSR count). The number of carbonyl (C=O) groups is 2. The molecule has 0 fully saturated rings. The van der Waals surface area contributed by atoms with Crippen molar-refractivity contribution < 1.29 is 9.59 Å². The number of nitrogens with one attached hydrogen (secondary N) is 2. The lowest BCUT2D eigenvalue weighted by Crippen LogP contribution is -2.18. The number of hydrogen-bond acceptors (Lipinski definition) is 5. The van der Waals surface area contributed by atoms with Crippen molar-refractivity contribution in [3.63, 3.8) is 0 Å². The van der Waals surface area contributed by atoms with Gasteiger partial charge in [0.25, 0.3) is 0 Å². The fourth-order valence-electron chi connectivity index (χ4n) is 1.67. The van der Waals surface area contributed by atoms with Gasteiger partial charge in [-0.3, -0.25) is 9.59 Å². The second-order valence-corrected chi connectivity index (χ2v) is 5.96. The van der Waals surface area contributed by atoms with Crippen LogP contribution in [0.25, 0.3) is 0 Å². The minimum Gasteiger partial charge on any atom is -0.397 e.